The van der Waals surface area contributed by atoms with Gasteiger partial charge in [-0.1, -0.05) is 23.7 Å². The molecular weight excluding hydrogens is 350 g/mol. The van der Waals surface area contributed by atoms with Gasteiger partial charge in [0, 0.05) is 5.02 Å². The van der Waals surface area contributed by atoms with Crippen molar-refractivity contribution in [1.82, 2.24) is 9.97 Å². The highest BCUT2D eigenvalue weighted by molar-refractivity contribution is 6.30. The summed E-state index contributed by atoms with van der Waals surface area (Å²) in [4.78, 5) is 40.8. The Morgan fingerprint density at radius 1 is 1.28 bits per heavy atom. The molecule has 1 aliphatic rings. The number of aromatic amines is 2. The lowest BCUT2D eigenvalue weighted by Crippen LogP contribution is -2.35. The first-order valence-electron chi connectivity index (χ1n) is 7.39. The number of halogens is 1. The Labute approximate surface area is 146 Å². The lowest BCUT2D eigenvalue weighted by atomic mass is 9.84. The van der Waals surface area contributed by atoms with E-state index < -0.39 is 23.1 Å². The molecule has 1 aromatic carbocycles. The van der Waals surface area contributed by atoms with Crippen LogP contribution >= 0.6 is 11.6 Å². The summed E-state index contributed by atoms with van der Waals surface area (Å²) in [5.41, 5.74) is 5.05. The van der Waals surface area contributed by atoms with E-state index in [1.165, 1.54) is 0 Å². The van der Waals surface area contributed by atoms with Crippen LogP contribution in [-0.2, 0) is 9.53 Å². The van der Waals surface area contributed by atoms with Gasteiger partial charge in [-0.05, 0) is 24.6 Å². The second-order valence-corrected chi connectivity index (χ2v) is 5.67. The van der Waals surface area contributed by atoms with Gasteiger partial charge in [-0.25, -0.2) is 9.59 Å². The molecular formula is C16H14ClN3O5. The minimum Gasteiger partial charge on any atom is -0.462 e. The van der Waals surface area contributed by atoms with Crippen LogP contribution in [0.2, 0.25) is 5.02 Å². The normalized spacial score (nSPS) is 16.2. The van der Waals surface area contributed by atoms with Gasteiger partial charge in [-0.15, -0.1) is 0 Å². The first kappa shape index (κ1) is 16.8. The van der Waals surface area contributed by atoms with Crippen molar-refractivity contribution in [3.8, 4) is 5.88 Å². The molecule has 8 nitrogen and oxygen atoms in total. The number of carbonyl (C=O) groups is 1. The Morgan fingerprint density at radius 3 is 2.60 bits per heavy atom. The minimum absolute atomic E-state index is 0.0192. The third-order valence-electron chi connectivity index (χ3n) is 3.70. The molecule has 0 radical (unpaired) electrons. The summed E-state index contributed by atoms with van der Waals surface area (Å²) >= 11 is 5.91. The smallest absolute Gasteiger partial charge is 0.340 e. The van der Waals surface area contributed by atoms with E-state index in [1.54, 1.807) is 31.2 Å². The Balaban J connectivity index is 2.27. The fourth-order valence-corrected chi connectivity index (χ4v) is 2.81. The summed E-state index contributed by atoms with van der Waals surface area (Å²) < 4.78 is 10.3. The van der Waals surface area contributed by atoms with Crippen LogP contribution < -0.4 is 21.7 Å². The number of rotatable bonds is 3. The molecule has 0 fully saturated rings. The molecule has 0 saturated heterocycles. The standard InChI is InChI=1S/C16H14ClN3O5/c1-2-24-15(22)10-9(7-3-5-8(17)6-4-7)11-13(21)19-16(23)20-14(11)25-12(10)18/h3-6,9H,2,18H2,1H3,(H2,19,20,21,23)/t9-/m1/s1. The van der Waals surface area contributed by atoms with Gasteiger partial charge >= 0.3 is 11.7 Å². The molecule has 2 aromatic rings. The number of benzene rings is 1. The van der Waals surface area contributed by atoms with Crippen molar-refractivity contribution < 1.29 is 14.3 Å². The fraction of sp³-hybridized carbons (Fsp3) is 0.188. The fourth-order valence-electron chi connectivity index (χ4n) is 2.69. The SMILES string of the molecule is CCOC(=O)C1=C(N)Oc2[nH]c(=O)[nH]c(=O)c2[C@@H]1c1ccc(Cl)cc1. The first-order valence-corrected chi connectivity index (χ1v) is 7.76. The van der Waals surface area contributed by atoms with Gasteiger partial charge in [0.15, 0.2) is 0 Å². The number of nitrogens with two attached hydrogens (primary N) is 1. The lowest BCUT2D eigenvalue weighted by Gasteiger charge is -2.26. The highest BCUT2D eigenvalue weighted by Gasteiger charge is 2.38. The number of H-pyrrole nitrogens is 2. The van der Waals surface area contributed by atoms with Crippen LogP contribution in [0.1, 0.15) is 24.0 Å². The van der Waals surface area contributed by atoms with E-state index in [4.69, 9.17) is 26.8 Å². The summed E-state index contributed by atoms with van der Waals surface area (Å²) in [5, 5.41) is 0.487. The number of ether oxygens (including phenoxy) is 2. The minimum atomic E-state index is -0.874. The zero-order valence-corrected chi connectivity index (χ0v) is 13.8. The van der Waals surface area contributed by atoms with Gasteiger partial charge in [0.25, 0.3) is 5.56 Å². The number of aromatic nitrogens is 2. The number of fused-ring (bicyclic) bond motifs is 1. The number of esters is 1. The van der Waals surface area contributed by atoms with E-state index in [9.17, 15) is 14.4 Å². The highest BCUT2D eigenvalue weighted by Crippen LogP contribution is 2.39. The van der Waals surface area contributed by atoms with E-state index >= 15 is 0 Å². The molecule has 0 saturated carbocycles. The molecule has 1 aliphatic heterocycles. The summed E-state index contributed by atoms with van der Waals surface area (Å²) in [7, 11) is 0. The Bertz CT molecular complexity index is 975. The van der Waals surface area contributed by atoms with Crippen LogP contribution in [0.5, 0.6) is 5.88 Å². The van der Waals surface area contributed by atoms with Gasteiger partial charge in [0.05, 0.1) is 18.1 Å². The molecule has 130 valence electrons. The molecule has 2 heterocycles. The van der Waals surface area contributed by atoms with Gasteiger partial charge in [0.1, 0.15) is 5.57 Å². The van der Waals surface area contributed by atoms with E-state index in [1.807, 2.05) is 0 Å². The summed E-state index contributed by atoms with van der Waals surface area (Å²) in [5.74, 6) is -1.94. The van der Waals surface area contributed by atoms with E-state index in [-0.39, 0.29) is 29.5 Å². The Morgan fingerprint density at radius 2 is 1.96 bits per heavy atom. The third-order valence-corrected chi connectivity index (χ3v) is 3.95. The summed E-state index contributed by atoms with van der Waals surface area (Å²) in [6, 6.07) is 6.54. The predicted octanol–water partition coefficient (Wildman–Crippen LogP) is 0.974. The maximum Gasteiger partial charge on any atom is 0.340 e. The second-order valence-electron chi connectivity index (χ2n) is 5.24. The molecule has 25 heavy (non-hydrogen) atoms. The monoisotopic (exact) mass is 363 g/mol. The van der Waals surface area contributed by atoms with Crippen molar-refractivity contribution in [3.05, 3.63) is 72.7 Å². The first-order chi connectivity index (χ1) is 11.9. The Hall–Kier alpha value is -3.00. The van der Waals surface area contributed by atoms with E-state index in [2.05, 4.69) is 9.97 Å². The number of nitrogens with one attached hydrogen (secondary N) is 2. The van der Waals surface area contributed by atoms with Crippen LogP contribution in [0, 0.1) is 0 Å². The maximum absolute atomic E-state index is 12.4. The van der Waals surface area contributed by atoms with Gasteiger partial charge < -0.3 is 15.2 Å². The zero-order valence-electron chi connectivity index (χ0n) is 13.1. The average molecular weight is 364 g/mol. The lowest BCUT2D eigenvalue weighted by molar-refractivity contribution is -0.139. The van der Waals surface area contributed by atoms with Crippen molar-refractivity contribution in [3.63, 3.8) is 0 Å². The van der Waals surface area contributed by atoms with Crippen LogP contribution in [0.25, 0.3) is 0 Å². The van der Waals surface area contributed by atoms with Crippen molar-refractivity contribution in [2.24, 2.45) is 5.73 Å². The molecule has 9 heteroatoms. The molecule has 0 spiro atoms. The van der Waals surface area contributed by atoms with Gasteiger partial charge in [-0.3, -0.25) is 14.8 Å². The van der Waals surface area contributed by atoms with E-state index in [0.29, 0.717) is 10.6 Å². The highest BCUT2D eigenvalue weighted by atomic mass is 35.5. The Kier molecular flexibility index (Phi) is 4.37. The summed E-state index contributed by atoms with van der Waals surface area (Å²) in [6.07, 6.45) is 0. The van der Waals surface area contributed by atoms with Gasteiger partial charge in [-0.2, -0.15) is 0 Å². The summed E-state index contributed by atoms with van der Waals surface area (Å²) in [6.45, 7) is 1.77. The number of hydrogen-bond acceptors (Lipinski definition) is 6. The van der Waals surface area contributed by atoms with Crippen molar-refractivity contribution in [2.45, 2.75) is 12.8 Å². The van der Waals surface area contributed by atoms with Crippen molar-refractivity contribution in [1.29, 1.82) is 0 Å². The third kappa shape index (κ3) is 3.03. The number of hydrogen-bond donors (Lipinski definition) is 3. The zero-order chi connectivity index (χ0) is 18.1. The van der Waals surface area contributed by atoms with Crippen LogP contribution in [0.3, 0.4) is 0 Å². The molecule has 1 atom stereocenters. The van der Waals surface area contributed by atoms with Crippen molar-refractivity contribution >= 4 is 17.6 Å². The molecule has 0 aliphatic carbocycles. The molecule has 4 N–H and O–H groups in total. The van der Waals surface area contributed by atoms with E-state index in [0.717, 1.165) is 0 Å². The molecule has 0 amide bonds. The van der Waals surface area contributed by atoms with Crippen LogP contribution in [-0.4, -0.2) is 22.5 Å². The molecule has 0 unspecified atom stereocenters. The van der Waals surface area contributed by atoms with Crippen LogP contribution in [0.15, 0.2) is 45.3 Å². The predicted molar refractivity (Wildman–Crippen MR) is 89.5 cm³/mol. The topological polar surface area (TPSA) is 127 Å². The largest absolute Gasteiger partial charge is 0.462 e. The molecule has 1 aromatic heterocycles. The second kappa shape index (κ2) is 6.48. The van der Waals surface area contributed by atoms with Crippen molar-refractivity contribution in [2.75, 3.05) is 6.61 Å². The van der Waals surface area contributed by atoms with Crippen LogP contribution in [0.4, 0.5) is 0 Å². The average Bonchev–Trinajstić information content (AvgIpc) is 2.54. The van der Waals surface area contributed by atoms with Gasteiger partial charge in [0.2, 0.25) is 11.8 Å². The maximum atomic E-state index is 12.4. The number of carbonyl (C=O) groups excluding carboxylic acids is 1. The molecule has 3 rings (SSSR count). The molecule has 0 bridgehead atoms. The quantitative estimate of drug-likeness (QED) is 0.697.